The molecule has 32 heavy (non-hydrogen) atoms. The van der Waals surface area contributed by atoms with Gasteiger partial charge >= 0.3 is 5.76 Å². The van der Waals surface area contributed by atoms with Crippen LogP contribution in [0, 0.1) is 18.3 Å². The summed E-state index contributed by atoms with van der Waals surface area (Å²) < 4.78 is 12.4. The van der Waals surface area contributed by atoms with Crippen LogP contribution >= 0.6 is 0 Å². The topological polar surface area (TPSA) is 109 Å². The second-order valence-electron chi connectivity index (χ2n) is 8.08. The number of aromatic nitrogens is 1. The molecule has 1 fully saturated rings. The van der Waals surface area contributed by atoms with E-state index in [4.69, 9.17) is 9.15 Å². The molecular weight excluding hydrogens is 408 g/mol. The summed E-state index contributed by atoms with van der Waals surface area (Å²) in [5.41, 5.74) is 5.13. The fraction of sp³-hybridized carbons (Fsp3) is 0.375. The van der Waals surface area contributed by atoms with Gasteiger partial charge in [0.15, 0.2) is 5.58 Å². The number of hydrogen-bond donors (Lipinski definition) is 2. The van der Waals surface area contributed by atoms with Gasteiger partial charge in [0.1, 0.15) is 12.1 Å². The first kappa shape index (κ1) is 21.8. The molecule has 2 heterocycles. The Morgan fingerprint density at radius 3 is 2.84 bits per heavy atom. The van der Waals surface area contributed by atoms with E-state index >= 15 is 0 Å². The monoisotopic (exact) mass is 434 g/mol. The van der Waals surface area contributed by atoms with Crippen LogP contribution < -0.4 is 16.4 Å². The fourth-order valence-corrected chi connectivity index (χ4v) is 3.90. The molecule has 2 unspecified atom stereocenters. The van der Waals surface area contributed by atoms with Crippen molar-refractivity contribution < 1.29 is 13.9 Å². The molecule has 1 aliphatic rings. The zero-order valence-corrected chi connectivity index (χ0v) is 18.2. The molecule has 2 N–H and O–H groups in total. The van der Waals surface area contributed by atoms with Crippen LogP contribution in [0.2, 0.25) is 0 Å². The highest BCUT2D eigenvalue weighted by Gasteiger charge is 2.23. The predicted molar refractivity (Wildman–Crippen MR) is 120 cm³/mol. The number of aryl methyl sites for hydroxylation is 2. The summed E-state index contributed by atoms with van der Waals surface area (Å²) in [5, 5.41) is 15.5. The van der Waals surface area contributed by atoms with Gasteiger partial charge in [-0.2, -0.15) is 5.26 Å². The summed E-state index contributed by atoms with van der Waals surface area (Å²) >= 11 is 0. The van der Waals surface area contributed by atoms with Crippen molar-refractivity contribution in [1.29, 1.82) is 5.26 Å². The zero-order valence-electron chi connectivity index (χ0n) is 18.2. The third-order valence-electron chi connectivity index (χ3n) is 5.72. The Hall–Kier alpha value is -3.41. The summed E-state index contributed by atoms with van der Waals surface area (Å²) in [5.74, 6) is -0.651. The smallest absolute Gasteiger partial charge is 0.407 e. The first-order valence-corrected chi connectivity index (χ1v) is 10.7. The van der Waals surface area contributed by atoms with Crippen LogP contribution in [0.5, 0.6) is 0 Å². The molecule has 166 valence electrons. The number of ether oxygens (including phenoxy) is 1. The lowest BCUT2D eigenvalue weighted by Crippen LogP contribution is -2.46. The largest absolute Gasteiger partial charge is 0.419 e. The number of rotatable bonds is 5. The van der Waals surface area contributed by atoms with Crippen molar-refractivity contribution in [2.75, 3.05) is 19.7 Å². The van der Waals surface area contributed by atoms with Gasteiger partial charge in [-0.1, -0.05) is 24.3 Å². The lowest BCUT2D eigenvalue weighted by Gasteiger charge is -2.18. The van der Waals surface area contributed by atoms with E-state index in [9.17, 15) is 14.9 Å². The van der Waals surface area contributed by atoms with E-state index in [2.05, 4.69) is 16.7 Å². The molecule has 3 aromatic rings. The van der Waals surface area contributed by atoms with Crippen molar-refractivity contribution in [2.45, 2.75) is 31.9 Å². The van der Waals surface area contributed by atoms with E-state index in [1.54, 1.807) is 7.05 Å². The van der Waals surface area contributed by atoms with E-state index in [1.165, 1.54) is 4.57 Å². The van der Waals surface area contributed by atoms with Crippen LogP contribution in [-0.4, -0.2) is 42.3 Å². The molecule has 0 aliphatic carbocycles. The lowest BCUT2D eigenvalue weighted by molar-refractivity contribution is -0.132. The quantitative estimate of drug-likeness (QED) is 0.636. The van der Waals surface area contributed by atoms with Crippen LogP contribution in [-0.2, 0) is 23.0 Å². The molecule has 1 saturated heterocycles. The van der Waals surface area contributed by atoms with Crippen LogP contribution in [0.3, 0.4) is 0 Å². The number of benzene rings is 2. The number of amides is 1. The van der Waals surface area contributed by atoms with Crippen molar-refractivity contribution in [1.82, 2.24) is 15.2 Å². The molecule has 2 aromatic carbocycles. The second kappa shape index (κ2) is 9.39. The molecule has 1 aliphatic heterocycles. The van der Waals surface area contributed by atoms with Crippen LogP contribution in [0.25, 0.3) is 22.2 Å². The predicted octanol–water partition coefficient (Wildman–Crippen LogP) is 2.04. The summed E-state index contributed by atoms with van der Waals surface area (Å²) in [6.45, 7) is 3.71. The second-order valence-corrected chi connectivity index (χ2v) is 8.08. The number of hydrogen-bond acceptors (Lipinski definition) is 6. The Balaban J connectivity index is 1.47. The maximum absolute atomic E-state index is 12.5. The highest BCUT2D eigenvalue weighted by atomic mass is 16.5. The number of nitriles is 1. The van der Waals surface area contributed by atoms with Crippen molar-refractivity contribution in [3.63, 3.8) is 0 Å². The molecule has 4 rings (SSSR count). The standard InChI is InChI=1S/C24H26N4O4/c1-15-10-18(12-20-22(15)32-24(30)28(20)2)17-6-4-16(5-7-17)11-19(13-25)27-23(29)21-14-26-8-3-9-31-21/h4-7,10,12,19,21,26H,3,8-9,11,14H2,1-2H3,(H,27,29). The normalized spacial score (nSPS) is 17.5. The minimum absolute atomic E-state index is 0.267. The molecular formula is C24H26N4O4. The minimum atomic E-state index is -0.640. The van der Waals surface area contributed by atoms with Gasteiger partial charge in [-0.3, -0.25) is 9.36 Å². The molecule has 1 aromatic heterocycles. The van der Waals surface area contributed by atoms with Gasteiger partial charge in [0, 0.05) is 26.6 Å². The van der Waals surface area contributed by atoms with Gasteiger partial charge in [-0.15, -0.1) is 0 Å². The molecule has 8 nitrogen and oxygen atoms in total. The van der Waals surface area contributed by atoms with E-state index < -0.39 is 12.1 Å². The molecule has 2 atom stereocenters. The summed E-state index contributed by atoms with van der Waals surface area (Å²) in [6, 6.07) is 13.3. The highest BCUT2D eigenvalue weighted by Crippen LogP contribution is 2.27. The highest BCUT2D eigenvalue weighted by molar-refractivity contribution is 5.84. The molecule has 8 heteroatoms. The number of oxazole rings is 1. The summed E-state index contributed by atoms with van der Waals surface area (Å²) in [6.07, 6.45) is 0.686. The first-order valence-electron chi connectivity index (χ1n) is 10.7. The number of nitrogens with one attached hydrogen (secondary N) is 2. The van der Waals surface area contributed by atoms with E-state index in [0.29, 0.717) is 25.2 Å². The maximum Gasteiger partial charge on any atom is 0.419 e. The lowest BCUT2D eigenvalue weighted by atomic mass is 9.99. The molecule has 0 saturated carbocycles. The van der Waals surface area contributed by atoms with Crippen molar-refractivity contribution in [3.8, 4) is 17.2 Å². The van der Waals surface area contributed by atoms with Crippen molar-refractivity contribution in [3.05, 3.63) is 58.1 Å². The van der Waals surface area contributed by atoms with Gasteiger partial charge in [0.05, 0.1) is 11.6 Å². The van der Waals surface area contributed by atoms with Crippen LogP contribution in [0.15, 0.2) is 45.6 Å². The minimum Gasteiger partial charge on any atom is -0.407 e. The Morgan fingerprint density at radius 2 is 2.09 bits per heavy atom. The molecule has 0 radical (unpaired) electrons. The van der Waals surface area contributed by atoms with Crippen molar-refractivity contribution in [2.24, 2.45) is 7.05 Å². The number of carbonyl (C=O) groups is 1. The summed E-state index contributed by atoms with van der Waals surface area (Å²) in [4.78, 5) is 24.3. The van der Waals surface area contributed by atoms with Crippen LogP contribution in [0.1, 0.15) is 17.5 Å². The van der Waals surface area contributed by atoms with E-state index in [1.807, 2.05) is 43.3 Å². The van der Waals surface area contributed by atoms with Crippen LogP contribution in [0.4, 0.5) is 0 Å². The van der Waals surface area contributed by atoms with Gasteiger partial charge < -0.3 is 19.8 Å². The van der Waals surface area contributed by atoms with Crippen molar-refractivity contribution >= 4 is 17.0 Å². The van der Waals surface area contributed by atoms with Gasteiger partial charge in [-0.05, 0) is 54.3 Å². The molecule has 0 bridgehead atoms. The van der Waals surface area contributed by atoms with Gasteiger partial charge in [-0.25, -0.2) is 4.79 Å². The zero-order chi connectivity index (χ0) is 22.7. The fourth-order valence-electron chi connectivity index (χ4n) is 3.90. The Morgan fingerprint density at radius 1 is 1.31 bits per heavy atom. The SMILES string of the molecule is Cc1cc(-c2ccc(CC(C#N)NC(=O)C3CNCCCO3)cc2)cc2c1oc(=O)n2C. The molecule has 0 spiro atoms. The first-order chi connectivity index (χ1) is 15.5. The Labute approximate surface area is 185 Å². The van der Waals surface area contributed by atoms with Gasteiger partial charge in [0.25, 0.3) is 5.91 Å². The number of nitrogens with zero attached hydrogens (tertiary/aromatic N) is 2. The number of carbonyl (C=O) groups excluding carboxylic acids is 1. The Bertz CT molecular complexity index is 1210. The summed E-state index contributed by atoms with van der Waals surface area (Å²) in [7, 11) is 1.69. The maximum atomic E-state index is 12.5. The van der Waals surface area contributed by atoms with Gasteiger partial charge in [0.2, 0.25) is 0 Å². The van der Waals surface area contributed by atoms with E-state index in [-0.39, 0.29) is 11.7 Å². The molecule has 1 amide bonds. The average Bonchev–Trinajstić information content (AvgIpc) is 2.98. The third-order valence-corrected chi connectivity index (χ3v) is 5.72. The third kappa shape index (κ3) is 4.59. The Kier molecular flexibility index (Phi) is 6.40. The van der Waals surface area contributed by atoms with E-state index in [0.717, 1.165) is 40.7 Å². The number of fused-ring (bicyclic) bond motifs is 1. The average molecular weight is 434 g/mol.